The normalized spacial score (nSPS) is 13.9. The summed E-state index contributed by atoms with van der Waals surface area (Å²) in [5, 5.41) is 5.98. The molecule has 1 aromatic carbocycles. The van der Waals surface area contributed by atoms with Crippen LogP contribution in [0.15, 0.2) is 18.2 Å². The minimum atomic E-state index is -0.816. The summed E-state index contributed by atoms with van der Waals surface area (Å²) in [7, 11) is 0. The Balaban J connectivity index is 3.64. The van der Waals surface area contributed by atoms with E-state index in [1.165, 1.54) is 0 Å². The fraction of sp³-hybridized carbons (Fsp3) is 0.719. The van der Waals surface area contributed by atoms with E-state index in [2.05, 4.69) is 31.4 Å². The van der Waals surface area contributed by atoms with E-state index in [-0.39, 0.29) is 17.9 Å². The molecule has 3 amide bonds. The van der Waals surface area contributed by atoms with Crippen LogP contribution in [0.4, 0.5) is 4.79 Å². The highest BCUT2D eigenvalue weighted by Crippen LogP contribution is 2.32. The Hall–Kier alpha value is -2.22. The predicted octanol–water partition coefficient (Wildman–Crippen LogP) is 6.95. The van der Waals surface area contributed by atoms with Crippen molar-refractivity contribution in [3.63, 3.8) is 0 Å². The molecule has 0 aromatic heterocycles. The van der Waals surface area contributed by atoms with Crippen molar-refractivity contribution in [3.8, 4) is 0 Å². The molecule has 0 aliphatic rings. The Morgan fingerprint density at radius 2 is 1.62 bits per heavy atom. The van der Waals surface area contributed by atoms with Crippen molar-refractivity contribution in [2.45, 2.75) is 125 Å². The zero-order valence-electron chi connectivity index (χ0n) is 26.7. The number of hydrogen-bond acceptors (Lipinski definition) is 5. The first kappa shape index (κ1) is 35.8. The molecule has 3 atom stereocenters. The molecule has 0 saturated carbocycles. The second-order valence-corrected chi connectivity index (χ2v) is 13.2. The van der Waals surface area contributed by atoms with Gasteiger partial charge >= 0.3 is 6.09 Å². The smallest absolute Gasteiger partial charge is 0.408 e. The number of nitrogens with one attached hydrogen (secondary N) is 2. The van der Waals surface area contributed by atoms with E-state index in [1.807, 2.05) is 45.2 Å². The second kappa shape index (κ2) is 17.6. The van der Waals surface area contributed by atoms with Gasteiger partial charge in [0, 0.05) is 12.6 Å². The van der Waals surface area contributed by atoms with Gasteiger partial charge in [-0.1, -0.05) is 51.8 Å². The predicted molar refractivity (Wildman–Crippen MR) is 168 cm³/mol. The first-order valence-electron chi connectivity index (χ1n) is 14.9. The number of alkyl carbamates (subject to hydrolysis) is 1. The Labute approximate surface area is 248 Å². The molecule has 7 nitrogen and oxygen atoms in total. The Kier molecular flexibility index (Phi) is 15.7. The number of benzene rings is 1. The van der Waals surface area contributed by atoms with E-state index in [1.54, 1.807) is 37.4 Å². The molecule has 0 saturated heterocycles. The number of amides is 3. The van der Waals surface area contributed by atoms with Crippen LogP contribution in [0.2, 0.25) is 0 Å². The molecule has 8 heteroatoms. The molecule has 1 aromatic rings. The molecule has 0 aliphatic carbocycles. The van der Waals surface area contributed by atoms with Gasteiger partial charge in [0.1, 0.15) is 17.7 Å². The standard InChI is InChI=1S/C32H55N3O4S/c1-11-12-13-20-33-29(36)28(27-23(4)15-14-16-24(27)5)35(25(6)18-17-22(2)3)30(37)26(19-21-40-10)34-31(38)39-32(7,8)9/h14-16,22,25-26,28H,11-13,17-21H2,1-10H3,(H,33,36)(H,34,38). The van der Waals surface area contributed by atoms with Gasteiger partial charge in [0.25, 0.3) is 0 Å². The molecule has 2 N–H and O–H groups in total. The third-order valence-electron chi connectivity index (χ3n) is 6.91. The van der Waals surface area contributed by atoms with Crippen molar-refractivity contribution in [1.82, 2.24) is 15.5 Å². The van der Waals surface area contributed by atoms with Gasteiger partial charge in [0.2, 0.25) is 11.8 Å². The fourth-order valence-corrected chi connectivity index (χ4v) is 5.25. The minimum Gasteiger partial charge on any atom is -0.444 e. The third-order valence-corrected chi connectivity index (χ3v) is 7.56. The molecule has 1 rings (SSSR count). The van der Waals surface area contributed by atoms with Crippen molar-refractivity contribution in [3.05, 3.63) is 34.9 Å². The molecule has 0 heterocycles. The largest absolute Gasteiger partial charge is 0.444 e. The summed E-state index contributed by atoms with van der Waals surface area (Å²) in [5.74, 6) is 0.692. The van der Waals surface area contributed by atoms with Crippen LogP contribution in [0.25, 0.3) is 0 Å². The van der Waals surface area contributed by atoms with Crippen molar-refractivity contribution >= 4 is 29.7 Å². The number of carbonyl (C=O) groups excluding carboxylic acids is 3. The lowest BCUT2D eigenvalue weighted by Gasteiger charge is -2.40. The van der Waals surface area contributed by atoms with Gasteiger partial charge in [-0.15, -0.1) is 0 Å². The van der Waals surface area contributed by atoms with Crippen LogP contribution < -0.4 is 10.6 Å². The lowest BCUT2D eigenvalue weighted by Crippen LogP contribution is -2.56. The Bertz CT molecular complexity index is 924. The Morgan fingerprint density at radius 1 is 1.00 bits per heavy atom. The highest BCUT2D eigenvalue weighted by Gasteiger charge is 2.39. The zero-order valence-corrected chi connectivity index (χ0v) is 27.5. The van der Waals surface area contributed by atoms with Crippen molar-refractivity contribution in [1.29, 1.82) is 0 Å². The van der Waals surface area contributed by atoms with Crippen LogP contribution in [-0.4, -0.2) is 59.0 Å². The molecule has 0 spiro atoms. The lowest BCUT2D eigenvalue weighted by atomic mass is 9.91. The van der Waals surface area contributed by atoms with Crippen LogP contribution >= 0.6 is 11.8 Å². The van der Waals surface area contributed by atoms with Gasteiger partial charge in [0.05, 0.1) is 0 Å². The van der Waals surface area contributed by atoms with Crippen LogP contribution in [0.3, 0.4) is 0 Å². The molecule has 3 unspecified atom stereocenters. The van der Waals surface area contributed by atoms with Crippen molar-refractivity contribution in [2.75, 3.05) is 18.6 Å². The average Bonchev–Trinajstić information content (AvgIpc) is 2.85. The van der Waals surface area contributed by atoms with E-state index in [0.717, 1.165) is 48.8 Å². The summed E-state index contributed by atoms with van der Waals surface area (Å²) in [4.78, 5) is 43.1. The molecular weight excluding hydrogens is 522 g/mol. The lowest BCUT2D eigenvalue weighted by molar-refractivity contribution is -0.145. The summed E-state index contributed by atoms with van der Waals surface area (Å²) >= 11 is 1.61. The minimum absolute atomic E-state index is 0.181. The van der Waals surface area contributed by atoms with Gasteiger partial charge in [-0.05, 0) is 102 Å². The zero-order chi connectivity index (χ0) is 30.5. The van der Waals surface area contributed by atoms with Gasteiger partial charge in [0.15, 0.2) is 0 Å². The molecule has 0 radical (unpaired) electrons. The number of thioether (sulfide) groups is 1. The molecule has 0 aliphatic heterocycles. The highest BCUT2D eigenvalue weighted by atomic mass is 32.2. The fourth-order valence-electron chi connectivity index (χ4n) is 4.77. The highest BCUT2D eigenvalue weighted by molar-refractivity contribution is 7.98. The quantitative estimate of drug-likeness (QED) is 0.208. The van der Waals surface area contributed by atoms with Crippen LogP contribution in [-0.2, 0) is 14.3 Å². The number of ether oxygens (including phenoxy) is 1. The van der Waals surface area contributed by atoms with Gasteiger partial charge < -0.3 is 20.3 Å². The second-order valence-electron chi connectivity index (χ2n) is 12.3. The summed E-state index contributed by atoms with van der Waals surface area (Å²) in [6.07, 6.45) is 6.40. The number of carbonyl (C=O) groups is 3. The molecular formula is C32H55N3O4S. The molecule has 0 bridgehead atoms. The van der Waals surface area contributed by atoms with Gasteiger partial charge in [-0.3, -0.25) is 9.59 Å². The number of rotatable bonds is 16. The van der Waals surface area contributed by atoms with Crippen molar-refractivity contribution < 1.29 is 19.1 Å². The SMILES string of the molecule is CCCCCNC(=O)C(c1c(C)cccc1C)N(C(=O)C(CCSC)NC(=O)OC(C)(C)C)C(C)CCC(C)C. The van der Waals surface area contributed by atoms with E-state index in [9.17, 15) is 14.4 Å². The van der Waals surface area contributed by atoms with Gasteiger partial charge in [-0.25, -0.2) is 4.79 Å². The maximum Gasteiger partial charge on any atom is 0.408 e. The number of aryl methyl sites for hydroxylation is 2. The molecule has 0 fully saturated rings. The summed E-state index contributed by atoms with van der Waals surface area (Å²) < 4.78 is 5.52. The van der Waals surface area contributed by atoms with E-state index < -0.39 is 23.8 Å². The van der Waals surface area contributed by atoms with E-state index in [4.69, 9.17) is 4.74 Å². The third kappa shape index (κ3) is 12.1. The number of hydrogen-bond donors (Lipinski definition) is 2. The van der Waals surface area contributed by atoms with Gasteiger partial charge in [-0.2, -0.15) is 11.8 Å². The Morgan fingerprint density at radius 3 is 2.15 bits per heavy atom. The first-order valence-corrected chi connectivity index (χ1v) is 16.3. The van der Waals surface area contributed by atoms with E-state index >= 15 is 0 Å². The maximum atomic E-state index is 14.5. The first-order chi connectivity index (χ1) is 18.7. The topological polar surface area (TPSA) is 87.7 Å². The van der Waals surface area contributed by atoms with Crippen LogP contribution in [0, 0.1) is 19.8 Å². The molecule has 228 valence electrons. The number of unbranched alkanes of at least 4 members (excludes halogenated alkanes) is 2. The number of nitrogens with zero attached hydrogens (tertiary/aromatic N) is 1. The summed E-state index contributed by atoms with van der Waals surface area (Å²) in [6, 6.07) is 4.11. The summed E-state index contributed by atoms with van der Waals surface area (Å²) in [6.45, 7) is 18.4. The monoisotopic (exact) mass is 577 g/mol. The van der Waals surface area contributed by atoms with Crippen LogP contribution in [0.1, 0.15) is 110 Å². The van der Waals surface area contributed by atoms with Crippen molar-refractivity contribution in [2.24, 2.45) is 5.92 Å². The van der Waals surface area contributed by atoms with E-state index in [0.29, 0.717) is 24.6 Å². The molecule has 40 heavy (non-hydrogen) atoms. The van der Waals surface area contributed by atoms with Crippen LogP contribution in [0.5, 0.6) is 0 Å². The summed E-state index contributed by atoms with van der Waals surface area (Å²) in [5.41, 5.74) is 2.08. The average molecular weight is 578 g/mol. The maximum absolute atomic E-state index is 14.5.